The van der Waals surface area contributed by atoms with Gasteiger partial charge in [-0.15, -0.1) is 0 Å². The zero-order valence-corrected chi connectivity index (χ0v) is 9.85. The quantitative estimate of drug-likeness (QED) is 0.405. The van der Waals surface area contributed by atoms with Crippen molar-refractivity contribution in [3.05, 3.63) is 12.2 Å². The minimum atomic E-state index is -0.901. The summed E-state index contributed by atoms with van der Waals surface area (Å²) in [5, 5.41) is 0. The third-order valence-electron chi connectivity index (χ3n) is 2.44. The van der Waals surface area contributed by atoms with E-state index in [1.807, 2.05) is 0 Å². The molecule has 1 aliphatic rings. The first kappa shape index (κ1) is 11.5. The van der Waals surface area contributed by atoms with E-state index >= 15 is 0 Å². The van der Waals surface area contributed by atoms with E-state index in [0.29, 0.717) is 6.61 Å². The lowest BCUT2D eigenvalue weighted by Gasteiger charge is -2.19. The van der Waals surface area contributed by atoms with E-state index in [2.05, 4.69) is 4.74 Å². The van der Waals surface area contributed by atoms with Gasteiger partial charge in [-0.1, -0.05) is 25.3 Å². The smallest absolute Gasteiger partial charge is 0.330 e. The fraction of sp³-hybridized carbons (Fsp3) is 0.700. The number of esters is 1. The molecule has 1 saturated heterocycles. The van der Waals surface area contributed by atoms with Crippen LogP contribution in [0.5, 0.6) is 0 Å². The van der Waals surface area contributed by atoms with Crippen LogP contribution in [-0.2, 0) is 14.0 Å². The summed E-state index contributed by atoms with van der Waals surface area (Å²) in [6, 6.07) is 2.60. The van der Waals surface area contributed by atoms with Crippen molar-refractivity contribution < 1.29 is 14.0 Å². The fourth-order valence-corrected chi connectivity index (χ4v) is 4.13. The molecule has 0 amide bonds. The lowest BCUT2D eigenvalue weighted by Crippen LogP contribution is -2.20. The minimum absolute atomic E-state index is 0.307. The van der Waals surface area contributed by atoms with Gasteiger partial charge in [-0.2, -0.15) is 0 Å². The third kappa shape index (κ3) is 4.57. The van der Waals surface area contributed by atoms with Crippen LogP contribution in [0.3, 0.4) is 0 Å². The maximum Gasteiger partial charge on any atom is 0.330 e. The Hall–Kier alpha value is -0.613. The van der Waals surface area contributed by atoms with Crippen LogP contribution in [0.2, 0.25) is 12.1 Å². The number of carbonyl (C=O) groups excluding carboxylic acids is 1. The number of carbonyl (C=O) groups is 1. The van der Waals surface area contributed by atoms with Crippen LogP contribution in [0.25, 0.3) is 0 Å². The Bertz CT molecular complexity index is 198. The second kappa shape index (κ2) is 6.78. The van der Waals surface area contributed by atoms with Gasteiger partial charge in [-0.25, -0.2) is 4.79 Å². The lowest BCUT2D eigenvalue weighted by molar-refractivity contribution is -0.134. The number of hydrogen-bond acceptors (Lipinski definition) is 3. The molecule has 0 N–H and O–H groups in total. The lowest BCUT2D eigenvalue weighted by atomic mass is 10.3. The van der Waals surface area contributed by atoms with Crippen molar-refractivity contribution in [3.63, 3.8) is 0 Å². The van der Waals surface area contributed by atoms with E-state index in [1.54, 1.807) is 6.08 Å². The molecule has 1 rings (SSSR count). The summed E-state index contributed by atoms with van der Waals surface area (Å²) in [6.45, 7) is 0.575. The number of rotatable bonds is 4. The van der Waals surface area contributed by atoms with Crippen molar-refractivity contribution in [2.24, 2.45) is 0 Å². The molecular weight excluding hydrogens is 196 g/mol. The predicted molar refractivity (Wildman–Crippen MR) is 57.7 cm³/mol. The monoisotopic (exact) mass is 214 g/mol. The van der Waals surface area contributed by atoms with Crippen LogP contribution in [0.15, 0.2) is 12.2 Å². The molecule has 0 aliphatic carbocycles. The first-order valence-corrected chi connectivity index (χ1v) is 7.29. The van der Waals surface area contributed by atoms with Crippen LogP contribution < -0.4 is 0 Å². The molecule has 0 aromatic rings. The number of ether oxygens (including phenoxy) is 1. The zero-order valence-electron chi connectivity index (χ0n) is 8.70. The highest BCUT2D eigenvalue weighted by Crippen LogP contribution is 2.19. The Balaban J connectivity index is 2.07. The molecule has 14 heavy (non-hydrogen) atoms. The van der Waals surface area contributed by atoms with E-state index in [1.165, 1.54) is 44.5 Å². The van der Waals surface area contributed by atoms with Gasteiger partial charge in [0, 0.05) is 6.08 Å². The normalized spacial score (nSPS) is 18.6. The second-order valence-corrected chi connectivity index (χ2v) is 6.25. The van der Waals surface area contributed by atoms with Gasteiger partial charge in [0.1, 0.15) is 0 Å². The predicted octanol–water partition coefficient (Wildman–Crippen LogP) is 1.64. The molecule has 80 valence electrons. The standard InChI is InChI=1S/C10H18O3Si/c1-12-10(11)6-5-7-13-14-8-3-2-4-9-14/h5-6,14H,2-4,7-9H2,1H3/b6-5+. The molecule has 0 spiro atoms. The first-order chi connectivity index (χ1) is 6.83. The molecule has 1 heterocycles. The molecular formula is C10H18O3Si. The summed E-state index contributed by atoms with van der Waals surface area (Å²) >= 11 is 0. The van der Waals surface area contributed by atoms with Gasteiger partial charge in [0.2, 0.25) is 0 Å². The fourth-order valence-electron chi connectivity index (χ4n) is 1.64. The van der Waals surface area contributed by atoms with Gasteiger partial charge in [-0.3, -0.25) is 0 Å². The van der Waals surface area contributed by atoms with E-state index in [9.17, 15) is 4.79 Å². The van der Waals surface area contributed by atoms with Gasteiger partial charge >= 0.3 is 5.97 Å². The van der Waals surface area contributed by atoms with Crippen LogP contribution in [0.4, 0.5) is 0 Å². The maximum absolute atomic E-state index is 10.7. The summed E-state index contributed by atoms with van der Waals surface area (Å²) in [5.41, 5.74) is 0. The van der Waals surface area contributed by atoms with E-state index in [4.69, 9.17) is 4.43 Å². The molecule has 0 saturated carbocycles. The molecule has 1 fully saturated rings. The minimum Gasteiger partial charge on any atom is -0.466 e. The van der Waals surface area contributed by atoms with Gasteiger partial charge in [0.05, 0.1) is 13.7 Å². The van der Waals surface area contributed by atoms with Crippen LogP contribution in [0.1, 0.15) is 19.3 Å². The molecule has 0 unspecified atom stereocenters. The first-order valence-electron chi connectivity index (χ1n) is 5.19. The molecule has 0 atom stereocenters. The molecule has 3 nitrogen and oxygen atoms in total. The van der Waals surface area contributed by atoms with Gasteiger partial charge < -0.3 is 9.16 Å². The third-order valence-corrected chi connectivity index (χ3v) is 5.20. The van der Waals surface area contributed by atoms with Crippen LogP contribution >= 0.6 is 0 Å². The maximum atomic E-state index is 10.7. The number of hydrogen-bond donors (Lipinski definition) is 0. The van der Waals surface area contributed by atoms with Crippen molar-refractivity contribution in [2.45, 2.75) is 31.4 Å². The second-order valence-electron chi connectivity index (χ2n) is 3.52. The largest absolute Gasteiger partial charge is 0.466 e. The van der Waals surface area contributed by atoms with Gasteiger partial charge in [0.25, 0.3) is 0 Å². The molecule has 0 bridgehead atoms. The summed E-state index contributed by atoms with van der Waals surface area (Å²) in [5.74, 6) is -0.307. The summed E-state index contributed by atoms with van der Waals surface area (Å²) < 4.78 is 10.2. The van der Waals surface area contributed by atoms with Crippen molar-refractivity contribution in [2.75, 3.05) is 13.7 Å². The molecule has 0 aromatic heterocycles. The molecule has 4 heteroatoms. The van der Waals surface area contributed by atoms with Crippen LogP contribution in [-0.4, -0.2) is 28.7 Å². The topological polar surface area (TPSA) is 35.5 Å². The molecule has 1 aliphatic heterocycles. The molecule has 0 radical (unpaired) electrons. The van der Waals surface area contributed by atoms with Crippen molar-refractivity contribution >= 4 is 15.0 Å². The van der Waals surface area contributed by atoms with Crippen LogP contribution in [0, 0.1) is 0 Å². The zero-order chi connectivity index (χ0) is 10.2. The Morgan fingerprint density at radius 3 is 2.71 bits per heavy atom. The Labute approximate surface area is 86.8 Å². The highest BCUT2D eigenvalue weighted by atomic mass is 28.3. The Morgan fingerprint density at radius 1 is 1.36 bits per heavy atom. The van der Waals surface area contributed by atoms with Crippen molar-refractivity contribution in [1.82, 2.24) is 0 Å². The average Bonchev–Trinajstić information content (AvgIpc) is 2.25. The van der Waals surface area contributed by atoms with Gasteiger partial charge in [0.15, 0.2) is 9.04 Å². The van der Waals surface area contributed by atoms with Gasteiger partial charge in [-0.05, 0) is 12.1 Å². The number of methoxy groups -OCH3 is 1. The SMILES string of the molecule is COC(=O)/C=C/CO[SiH]1CCCCC1. The van der Waals surface area contributed by atoms with E-state index < -0.39 is 9.04 Å². The summed E-state index contributed by atoms with van der Waals surface area (Å²) in [7, 11) is 0.477. The summed E-state index contributed by atoms with van der Waals surface area (Å²) in [6.07, 6.45) is 7.20. The van der Waals surface area contributed by atoms with Crippen molar-refractivity contribution in [3.8, 4) is 0 Å². The Kier molecular flexibility index (Phi) is 5.55. The van der Waals surface area contributed by atoms with E-state index in [0.717, 1.165) is 0 Å². The van der Waals surface area contributed by atoms with Crippen molar-refractivity contribution in [1.29, 1.82) is 0 Å². The highest BCUT2D eigenvalue weighted by molar-refractivity contribution is 6.52. The average molecular weight is 214 g/mol. The molecule has 0 aromatic carbocycles. The highest BCUT2D eigenvalue weighted by Gasteiger charge is 2.14. The Morgan fingerprint density at radius 2 is 2.07 bits per heavy atom. The summed E-state index contributed by atoms with van der Waals surface area (Å²) in [4.78, 5) is 10.7. The van der Waals surface area contributed by atoms with E-state index in [-0.39, 0.29) is 5.97 Å².